The molecule has 2 nitrogen and oxygen atoms in total. The molecular weight excluding hydrogens is 162 g/mol. The Morgan fingerprint density at radius 2 is 2.08 bits per heavy atom. The van der Waals surface area contributed by atoms with Crippen LogP contribution >= 0.6 is 0 Å². The molecule has 3 N–H and O–H groups in total. The van der Waals surface area contributed by atoms with E-state index in [1.807, 2.05) is 0 Å². The van der Waals surface area contributed by atoms with E-state index < -0.39 is 0 Å². The highest BCUT2D eigenvalue weighted by atomic mass is 16.3. The van der Waals surface area contributed by atoms with Crippen LogP contribution < -0.4 is 5.73 Å². The summed E-state index contributed by atoms with van der Waals surface area (Å²) in [5.41, 5.74) is 7.01. The second-order valence-corrected chi connectivity index (χ2v) is 4.14. The van der Waals surface area contributed by atoms with Crippen molar-refractivity contribution >= 4 is 0 Å². The molecule has 0 saturated heterocycles. The highest BCUT2D eigenvalue weighted by Gasteiger charge is 2.06. The third kappa shape index (κ3) is 8.00. The van der Waals surface area contributed by atoms with E-state index in [1.54, 1.807) is 0 Å². The molecule has 13 heavy (non-hydrogen) atoms. The Labute approximate surface area is 81.8 Å². The van der Waals surface area contributed by atoms with Gasteiger partial charge < -0.3 is 10.8 Å². The molecule has 0 aliphatic carbocycles. The van der Waals surface area contributed by atoms with Gasteiger partial charge in [-0.15, -0.1) is 0 Å². The summed E-state index contributed by atoms with van der Waals surface area (Å²) in [6.07, 6.45) is 5.47. The molecule has 0 rings (SSSR count). The first-order valence-corrected chi connectivity index (χ1v) is 5.06. The molecule has 2 heteroatoms. The highest BCUT2D eigenvalue weighted by molar-refractivity contribution is 4.92. The average molecular weight is 185 g/mol. The van der Waals surface area contributed by atoms with Crippen molar-refractivity contribution in [3.63, 3.8) is 0 Å². The highest BCUT2D eigenvalue weighted by Crippen LogP contribution is 2.12. The number of hydrogen-bond donors (Lipinski definition) is 2. The van der Waals surface area contributed by atoms with Gasteiger partial charge in [0.1, 0.15) is 0 Å². The van der Waals surface area contributed by atoms with Crippen molar-refractivity contribution < 1.29 is 5.11 Å². The minimum absolute atomic E-state index is 0.0401. The number of allylic oxidation sites excluding steroid dienone is 2. The van der Waals surface area contributed by atoms with Crippen molar-refractivity contribution in [2.24, 2.45) is 11.7 Å². The zero-order valence-corrected chi connectivity index (χ0v) is 9.09. The SMILES string of the molecule is CC(C)=CCCC(C)CC(N)CO. The smallest absolute Gasteiger partial charge is 0.0582 e. The van der Waals surface area contributed by atoms with Crippen molar-refractivity contribution in [3.8, 4) is 0 Å². The molecule has 0 heterocycles. The van der Waals surface area contributed by atoms with Crippen molar-refractivity contribution in [2.75, 3.05) is 6.61 Å². The zero-order chi connectivity index (χ0) is 10.3. The standard InChI is InChI=1S/C11H23NO/c1-9(2)5-4-6-10(3)7-11(12)8-13/h5,10-11,13H,4,6-8,12H2,1-3H3. The van der Waals surface area contributed by atoms with Gasteiger partial charge in [-0.2, -0.15) is 0 Å². The Morgan fingerprint density at radius 1 is 1.46 bits per heavy atom. The average Bonchev–Trinajstić information content (AvgIpc) is 2.03. The predicted molar refractivity (Wildman–Crippen MR) is 57.5 cm³/mol. The van der Waals surface area contributed by atoms with Gasteiger partial charge in [-0.25, -0.2) is 0 Å². The summed E-state index contributed by atoms with van der Waals surface area (Å²) in [6.45, 7) is 6.52. The minimum atomic E-state index is -0.0401. The molecule has 0 aromatic heterocycles. The van der Waals surface area contributed by atoms with E-state index in [2.05, 4.69) is 26.8 Å². The fourth-order valence-corrected chi connectivity index (χ4v) is 1.37. The first-order valence-electron chi connectivity index (χ1n) is 5.06. The summed E-state index contributed by atoms with van der Waals surface area (Å²) in [6, 6.07) is -0.0401. The Bertz CT molecular complexity index is 150. The largest absolute Gasteiger partial charge is 0.395 e. The number of hydrogen-bond acceptors (Lipinski definition) is 2. The van der Waals surface area contributed by atoms with Gasteiger partial charge in [0.2, 0.25) is 0 Å². The van der Waals surface area contributed by atoms with Crippen LogP contribution in [0.1, 0.15) is 40.0 Å². The summed E-state index contributed by atoms with van der Waals surface area (Å²) < 4.78 is 0. The van der Waals surface area contributed by atoms with Crippen LogP contribution in [0.3, 0.4) is 0 Å². The van der Waals surface area contributed by atoms with E-state index in [9.17, 15) is 0 Å². The van der Waals surface area contributed by atoms with E-state index in [0.717, 1.165) is 12.8 Å². The second kappa shape index (κ2) is 7.10. The van der Waals surface area contributed by atoms with Crippen LogP contribution in [0.25, 0.3) is 0 Å². The monoisotopic (exact) mass is 185 g/mol. The maximum absolute atomic E-state index is 8.76. The molecule has 0 aliphatic rings. The first kappa shape index (κ1) is 12.7. The topological polar surface area (TPSA) is 46.2 Å². The fraction of sp³-hybridized carbons (Fsp3) is 0.818. The number of nitrogens with two attached hydrogens (primary N) is 1. The van der Waals surface area contributed by atoms with Crippen LogP contribution in [0.5, 0.6) is 0 Å². The van der Waals surface area contributed by atoms with Crippen LogP contribution in [0.2, 0.25) is 0 Å². The summed E-state index contributed by atoms with van der Waals surface area (Å²) in [5.74, 6) is 0.609. The first-order chi connectivity index (χ1) is 6.06. The van der Waals surface area contributed by atoms with Crippen molar-refractivity contribution in [1.29, 1.82) is 0 Å². The van der Waals surface area contributed by atoms with Crippen LogP contribution in [-0.4, -0.2) is 17.8 Å². The van der Waals surface area contributed by atoms with Gasteiger partial charge in [0.15, 0.2) is 0 Å². The molecule has 0 saturated carbocycles. The van der Waals surface area contributed by atoms with E-state index in [1.165, 1.54) is 12.0 Å². The predicted octanol–water partition coefficient (Wildman–Crippen LogP) is 2.08. The normalized spacial score (nSPS) is 15.2. The third-order valence-electron chi connectivity index (χ3n) is 2.15. The Balaban J connectivity index is 3.51. The third-order valence-corrected chi connectivity index (χ3v) is 2.15. The second-order valence-electron chi connectivity index (χ2n) is 4.14. The molecule has 0 aromatic rings. The lowest BCUT2D eigenvalue weighted by Crippen LogP contribution is -2.26. The Hall–Kier alpha value is -0.340. The van der Waals surface area contributed by atoms with Crippen molar-refractivity contribution in [3.05, 3.63) is 11.6 Å². The molecular formula is C11H23NO. The van der Waals surface area contributed by atoms with Gasteiger partial charge in [0.05, 0.1) is 6.61 Å². The van der Waals surface area contributed by atoms with Crippen LogP contribution in [0, 0.1) is 5.92 Å². The molecule has 0 aliphatic heterocycles. The lowest BCUT2D eigenvalue weighted by atomic mass is 9.97. The van der Waals surface area contributed by atoms with Crippen molar-refractivity contribution in [2.45, 2.75) is 46.1 Å². The maximum atomic E-state index is 8.76. The maximum Gasteiger partial charge on any atom is 0.0582 e. The molecule has 0 radical (unpaired) electrons. The van der Waals surface area contributed by atoms with Gasteiger partial charge in [-0.1, -0.05) is 18.6 Å². The molecule has 0 spiro atoms. The van der Waals surface area contributed by atoms with Crippen LogP contribution in [0.4, 0.5) is 0 Å². The lowest BCUT2D eigenvalue weighted by molar-refractivity contribution is 0.245. The van der Waals surface area contributed by atoms with Gasteiger partial charge in [0.25, 0.3) is 0 Å². The number of aliphatic hydroxyl groups excluding tert-OH is 1. The van der Waals surface area contributed by atoms with Crippen LogP contribution in [0.15, 0.2) is 11.6 Å². The minimum Gasteiger partial charge on any atom is -0.395 e. The fourth-order valence-electron chi connectivity index (χ4n) is 1.37. The van der Waals surface area contributed by atoms with E-state index in [-0.39, 0.29) is 12.6 Å². The molecule has 0 aromatic carbocycles. The van der Waals surface area contributed by atoms with Gasteiger partial charge in [-0.3, -0.25) is 0 Å². The summed E-state index contributed by atoms with van der Waals surface area (Å²) in [7, 11) is 0. The molecule has 2 atom stereocenters. The molecule has 78 valence electrons. The molecule has 2 unspecified atom stereocenters. The van der Waals surface area contributed by atoms with Crippen LogP contribution in [-0.2, 0) is 0 Å². The van der Waals surface area contributed by atoms with Gasteiger partial charge in [0, 0.05) is 6.04 Å². The zero-order valence-electron chi connectivity index (χ0n) is 9.09. The molecule has 0 amide bonds. The summed E-state index contributed by atoms with van der Waals surface area (Å²) in [5, 5.41) is 8.76. The number of aliphatic hydroxyl groups is 1. The summed E-state index contributed by atoms with van der Waals surface area (Å²) >= 11 is 0. The van der Waals surface area contributed by atoms with E-state index in [4.69, 9.17) is 10.8 Å². The Kier molecular flexibility index (Phi) is 6.92. The molecule has 0 fully saturated rings. The quantitative estimate of drug-likeness (QED) is 0.622. The lowest BCUT2D eigenvalue weighted by Gasteiger charge is -2.14. The van der Waals surface area contributed by atoms with E-state index >= 15 is 0 Å². The number of rotatable bonds is 6. The van der Waals surface area contributed by atoms with E-state index in [0.29, 0.717) is 5.92 Å². The van der Waals surface area contributed by atoms with Gasteiger partial charge >= 0.3 is 0 Å². The van der Waals surface area contributed by atoms with Gasteiger partial charge in [-0.05, 0) is 39.0 Å². The Morgan fingerprint density at radius 3 is 2.54 bits per heavy atom. The summed E-state index contributed by atoms with van der Waals surface area (Å²) in [4.78, 5) is 0. The van der Waals surface area contributed by atoms with Crippen molar-refractivity contribution in [1.82, 2.24) is 0 Å². The molecule has 0 bridgehead atoms.